The van der Waals surface area contributed by atoms with Gasteiger partial charge in [-0.25, -0.2) is 4.98 Å². The van der Waals surface area contributed by atoms with Crippen LogP contribution < -0.4 is 0 Å². The van der Waals surface area contributed by atoms with E-state index in [0.29, 0.717) is 25.3 Å². The highest BCUT2D eigenvalue weighted by Crippen LogP contribution is 2.42. The molecule has 0 aromatic carbocycles. The lowest BCUT2D eigenvalue weighted by Crippen LogP contribution is -2.34. The van der Waals surface area contributed by atoms with Crippen molar-refractivity contribution in [2.75, 3.05) is 6.61 Å². The number of ketones is 1. The van der Waals surface area contributed by atoms with Gasteiger partial charge in [0.1, 0.15) is 11.6 Å². The summed E-state index contributed by atoms with van der Waals surface area (Å²) in [6, 6.07) is 0. The van der Waals surface area contributed by atoms with Crippen LogP contribution in [0.3, 0.4) is 0 Å². The quantitative estimate of drug-likeness (QED) is 0.572. The highest BCUT2D eigenvalue weighted by molar-refractivity contribution is 7.09. The number of hydrogen-bond acceptors (Lipinski definition) is 9. The van der Waals surface area contributed by atoms with Crippen molar-refractivity contribution in [2.45, 2.75) is 53.9 Å². The molecule has 9 heteroatoms. The number of rotatable bonds is 6. The first-order valence-electron chi connectivity index (χ1n) is 8.99. The summed E-state index contributed by atoms with van der Waals surface area (Å²) in [5.41, 5.74) is -0.107. The second-order valence-corrected chi connectivity index (χ2v) is 8.35. The molecule has 1 heterocycles. The number of allylic oxidation sites excluding steroid dienone is 2. The van der Waals surface area contributed by atoms with Crippen molar-refractivity contribution >= 4 is 28.4 Å². The zero-order valence-corrected chi connectivity index (χ0v) is 17.2. The number of aryl methyl sites for hydroxylation is 1. The Labute approximate surface area is 162 Å². The topological polar surface area (TPSA) is 114 Å². The lowest BCUT2D eigenvalue weighted by atomic mass is 9.68. The van der Waals surface area contributed by atoms with Crippen molar-refractivity contribution in [3.8, 4) is 0 Å². The first kappa shape index (κ1) is 21.1. The van der Waals surface area contributed by atoms with E-state index in [9.17, 15) is 14.7 Å². The maximum atomic E-state index is 12.4. The normalized spacial score (nSPS) is 21.1. The molecule has 1 N–H and O–H groups in total. The minimum Gasteiger partial charge on any atom is -0.510 e. The Kier molecular flexibility index (Phi) is 6.80. The number of carbonyl (C=O) groups excluding carboxylic acids is 2. The molecule has 0 radical (unpaired) electrons. The number of hydrogen-bond donors (Lipinski definition) is 1. The monoisotopic (exact) mass is 394 g/mol. The fourth-order valence-corrected chi connectivity index (χ4v) is 3.65. The summed E-state index contributed by atoms with van der Waals surface area (Å²) in [5.74, 6) is -0.216. The van der Waals surface area contributed by atoms with E-state index in [0.717, 1.165) is 11.5 Å². The van der Waals surface area contributed by atoms with Gasteiger partial charge in [0, 0.05) is 30.3 Å². The van der Waals surface area contributed by atoms with Gasteiger partial charge < -0.3 is 9.84 Å². The summed E-state index contributed by atoms with van der Waals surface area (Å²) in [7, 11) is 0. The smallest absolute Gasteiger partial charge is 0.306 e. The number of Topliss-reactive ketones (excluding diaryl/α,β-unsaturated/α-hetero) is 1. The van der Waals surface area contributed by atoms with Gasteiger partial charge in [0.15, 0.2) is 11.5 Å². The van der Waals surface area contributed by atoms with E-state index in [2.05, 4.69) is 40.4 Å². The summed E-state index contributed by atoms with van der Waals surface area (Å²) in [6.45, 7) is 10.1. The van der Waals surface area contributed by atoms with Gasteiger partial charge in [0.2, 0.25) is 5.13 Å². The SMILES string of the molecule is CCOC(=O)CCc1nsc(N=NC2=C(O)C(C)C(C(C)(C)C)CC2=O)n1. The highest BCUT2D eigenvalue weighted by atomic mass is 32.1. The molecule has 2 atom stereocenters. The number of azo groups is 1. The van der Waals surface area contributed by atoms with E-state index in [1.807, 2.05) is 6.92 Å². The number of aromatic nitrogens is 2. The molecule has 1 aliphatic carbocycles. The third kappa shape index (κ3) is 5.41. The number of aliphatic hydroxyl groups excluding tert-OH is 1. The van der Waals surface area contributed by atoms with E-state index < -0.39 is 0 Å². The van der Waals surface area contributed by atoms with Crippen molar-refractivity contribution in [2.24, 2.45) is 27.5 Å². The van der Waals surface area contributed by atoms with Crippen molar-refractivity contribution in [3.63, 3.8) is 0 Å². The van der Waals surface area contributed by atoms with E-state index in [-0.39, 0.29) is 52.0 Å². The molecule has 2 unspecified atom stereocenters. The van der Waals surface area contributed by atoms with Gasteiger partial charge in [0.25, 0.3) is 0 Å². The molecule has 0 saturated carbocycles. The molecule has 0 spiro atoms. The number of carbonyl (C=O) groups is 2. The van der Waals surface area contributed by atoms with Crippen molar-refractivity contribution < 1.29 is 19.4 Å². The maximum absolute atomic E-state index is 12.4. The van der Waals surface area contributed by atoms with Crippen LogP contribution in [0.4, 0.5) is 5.13 Å². The lowest BCUT2D eigenvalue weighted by Gasteiger charge is -2.37. The first-order chi connectivity index (χ1) is 12.6. The Balaban J connectivity index is 2.08. The molecule has 0 fully saturated rings. The fourth-order valence-electron chi connectivity index (χ4n) is 3.11. The van der Waals surface area contributed by atoms with Gasteiger partial charge in [0.05, 0.1) is 13.0 Å². The molecule has 1 aromatic heterocycles. The second-order valence-electron chi connectivity index (χ2n) is 7.62. The van der Waals surface area contributed by atoms with E-state index in [4.69, 9.17) is 4.74 Å². The van der Waals surface area contributed by atoms with Gasteiger partial charge in [-0.15, -0.1) is 10.2 Å². The molecule has 0 aliphatic heterocycles. The maximum Gasteiger partial charge on any atom is 0.306 e. The first-order valence-corrected chi connectivity index (χ1v) is 9.77. The Morgan fingerprint density at radius 2 is 2.07 bits per heavy atom. The largest absolute Gasteiger partial charge is 0.510 e. The van der Waals surface area contributed by atoms with Gasteiger partial charge in [-0.05, 0) is 18.3 Å². The predicted octanol–water partition coefficient (Wildman–Crippen LogP) is 4.16. The van der Waals surface area contributed by atoms with Gasteiger partial charge >= 0.3 is 5.97 Å². The number of ether oxygens (including phenoxy) is 1. The molecule has 0 amide bonds. The standard InChI is InChI=1S/C18H26N4O4S/c1-6-26-14(24)8-7-13-19-17(27-22-13)21-20-15-12(23)9-11(18(3,4)5)10(2)16(15)25/h10-11,25H,6-9H2,1-5H3. The molecule has 0 saturated heterocycles. The molecule has 2 rings (SSSR count). The number of esters is 1. The van der Waals surface area contributed by atoms with Crippen LogP contribution >= 0.6 is 11.5 Å². The Morgan fingerprint density at radius 1 is 1.37 bits per heavy atom. The fraction of sp³-hybridized carbons (Fsp3) is 0.667. The van der Waals surface area contributed by atoms with Crippen LogP contribution in [0.25, 0.3) is 0 Å². The van der Waals surface area contributed by atoms with Gasteiger partial charge in [-0.3, -0.25) is 9.59 Å². The molecule has 148 valence electrons. The molecule has 27 heavy (non-hydrogen) atoms. The Hall–Kier alpha value is -2.16. The van der Waals surface area contributed by atoms with Crippen LogP contribution in [0, 0.1) is 17.3 Å². The van der Waals surface area contributed by atoms with E-state index >= 15 is 0 Å². The van der Waals surface area contributed by atoms with Gasteiger partial charge in [-0.2, -0.15) is 4.37 Å². The summed E-state index contributed by atoms with van der Waals surface area (Å²) >= 11 is 1.02. The summed E-state index contributed by atoms with van der Waals surface area (Å²) < 4.78 is 8.97. The molecule has 1 aliphatic rings. The van der Waals surface area contributed by atoms with E-state index in [1.165, 1.54) is 0 Å². The predicted molar refractivity (Wildman–Crippen MR) is 101 cm³/mol. The summed E-state index contributed by atoms with van der Waals surface area (Å²) in [5, 5.41) is 18.6. The van der Waals surface area contributed by atoms with Gasteiger partial charge in [-0.1, -0.05) is 27.7 Å². The highest BCUT2D eigenvalue weighted by Gasteiger charge is 2.40. The zero-order valence-electron chi connectivity index (χ0n) is 16.4. The average Bonchev–Trinajstić information content (AvgIpc) is 3.03. The minimum atomic E-state index is -0.305. The van der Waals surface area contributed by atoms with Crippen molar-refractivity contribution in [1.82, 2.24) is 9.36 Å². The van der Waals surface area contributed by atoms with Crippen LogP contribution in [0.1, 0.15) is 53.3 Å². The third-order valence-electron chi connectivity index (χ3n) is 4.61. The minimum absolute atomic E-state index is 0.00808. The average molecular weight is 394 g/mol. The zero-order chi connectivity index (χ0) is 20.2. The number of aliphatic hydroxyl groups is 1. The summed E-state index contributed by atoms with van der Waals surface area (Å²) in [6.07, 6.45) is 0.864. The van der Waals surface area contributed by atoms with Crippen molar-refractivity contribution in [1.29, 1.82) is 0 Å². The Bertz CT molecular complexity index is 764. The molecular weight excluding hydrogens is 368 g/mol. The number of nitrogens with zero attached hydrogens (tertiary/aromatic N) is 4. The molecular formula is C18H26N4O4S. The van der Waals surface area contributed by atoms with Crippen LogP contribution in [-0.4, -0.2) is 32.8 Å². The third-order valence-corrected chi connectivity index (χ3v) is 5.25. The van der Waals surface area contributed by atoms with Crippen LogP contribution in [0.15, 0.2) is 21.7 Å². The second kappa shape index (κ2) is 8.69. The summed E-state index contributed by atoms with van der Waals surface area (Å²) in [4.78, 5) is 28.0. The van der Waals surface area contributed by atoms with Crippen LogP contribution in [-0.2, 0) is 20.7 Å². The van der Waals surface area contributed by atoms with E-state index in [1.54, 1.807) is 6.92 Å². The van der Waals surface area contributed by atoms with Crippen LogP contribution in [0.5, 0.6) is 0 Å². The molecule has 0 bridgehead atoms. The van der Waals surface area contributed by atoms with Crippen LogP contribution in [0.2, 0.25) is 0 Å². The Morgan fingerprint density at radius 3 is 2.70 bits per heavy atom. The molecule has 8 nitrogen and oxygen atoms in total. The molecule has 1 aromatic rings. The lowest BCUT2D eigenvalue weighted by molar-refractivity contribution is -0.143. The van der Waals surface area contributed by atoms with Crippen molar-refractivity contribution in [3.05, 3.63) is 17.3 Å².